The highest BCUT2D eigenvalue weighted by Gasteiger charge is 2.13. The maximum atomic E-state index is 13.1. The van der Waals surface area contributed by atoms with Crippen LogP contribution in [0, 0.1) is 5.82 Å². The molecule has 0 saturated carbocycles. The monoisotopic (exact) mass is 276 g/mol. The first-order valence-electron chi connectivity index (χ1n) is 4.77. The molecule has 0 fully saturated rings. The third-order valence-corrected chi connectivity index (χ3v) is 3.00. The van der Waals surface area contributed by atoms with Crippen LogP contribution in [-0.2, 0) is 4.74 Å². The molecule has 0 spiro atoms. The van der Waals surface area contributed by atoms with E-state index < -0.39 is 6.10 Å². The lowest BCUT2D eigenvalue weighted by atomic mass is 10.1. The number of hydrogen-bond acceptors (Lipinski definition) is 2. The van der Waals surface area contributed by atoms with Gasteiger partial charge in [-0.1, -0.05) is 12.1 Å². The summed E-state index contributed by atoms with van der Waals surface area (Å²) in [4.78, 5) is 0. The van der Waals surface area contributed by atoms with Gasteiger partial charge in [0.05, 0.1) is 10.6 Å². The first-order valence-corrected chi connectivity index (χ1v) is 5.57. The van der Waals surface area contributed by atoms with Gasteiger partial charge in [0.1, 0.15) is 5.82 Å². The molecule has 84 valence electrons. The topological polar surface area (TPSA) is 29.5 Å². The Kier molecular flexibility index (Phi) is 5.22. The Hall–Kier alpha value is -0.450. The summed E-state index contributed by atoms with van der Waals surface area (Å²) in [7, 11) is 1.62. The summed E-state index contributed by atoms with van der Waals surface area (Å²) in [6.07, 6.45) is 0.668. The van der Waals surface area contributed by atoms with Gasteiger partial charge in [0, 0.05) is 13.7 Å². The van der Waals surface area contributed by atoms with Gasteiger partial charge in [-0.15, -0.1) is 0 Å². The van der Waals surface area contributed by atoms with Crippen LogP contribution in [0.2, 0.25) is 0 Å². The smallest absolute Gasteiger partial charge is 0.137 e. The normalized spacial score (nSPS) is 12.8. The molecule has 0 bridgehead atoms. The molecule has 0 aliphatic carbocycles. The summed E-state index contributed by atoms with van der Waals surface area (Å²) >= 11 is 3.12. The fourth-order valence-electron chi connectivity index (χ4n) is 1.35. The van der Waals surface area contributed by atoms with Gasteiger partial charge < -0.3 is 9.84 Å². The van der Waals surface area contributed by atoms with Crippen molar-refractivity contribution in [2.24, 2.45) is 0 Å². The van der Waals surface area contributed by atoms with Gasteiger partial charge in [-0.05, 0) is 40.4 Å². The van der Waals surface area contributed by atoms with Crippen LogP contribution in [0.25, 0.3) is 0 Å². The van der Waals surface area contributed by atoms with Gasteiger partial charge in [0.15, 0.2) is 0 Å². The molecular weight excluding hydrogens is 263 g/mol. The lowest BCUT2D eigenvalue weighted by Crippen LogP contribution is -2.01. The van der Waals surface area contributed by atoms with Crippen molar-refractivity contribution in [1.29, 1.82) is 0 Å². The first kappa shape index (κ1) is 12.6. The second-order valence-corrected chi connectivity index (χ2v) is 4.09. The van der Waals surface area contributed by atoms with E-state index in [1.807, 2.05) is 0 Å². The van der Waals surface area contributed by atoms with Crippen molar-refractivity contribution in [3.05, 3.63) is 34.1 Å². The molecule has 15 heavy (non-hydrogen) atoms. The second-order valence-electron chi connectivity index (χ2n) is 3.29. The van der Waals surface area contributed by atoms with Gasteiger partial charge in [-0.25, -0.2) is 4.39 Å². The Morgan fingerprint density at radius 1 is 1.53 bits per heavy atom. The number of ether oxygens (including phenoxy) is 1. The Bertz CT molecular complexity index is 317. The molecule has 0 aliphatic heterocycles. The molecule has 1 aromatic rings. The predicted octanol–water partition coefficient (Wildman–Crippen LogP) is 3.05. The highest BCUT2D eigenvalue weighted by Crippen LogP contribution is 2.28. The van der Waals surface area contributed by atoms with Gasteiger partial charge in [-0.2, -0.15) is 0 Å². The summed E-state index contributed by atoms with van der Waals surface area (Å²) < 4.78 is 18.4. The van der Waals surface area contributed by atoms with Crippen molar-refractivity contribution in [3.8, 4) is 0 Å². The molecule has 1 aromatic carbocycles. The third-order valence-electron chi connectivity index (χ3n) is 2.17. The van der Waals surface area contributed by atoms with Crippen molar-refractivity contribution in [2.75, 3.05) is 13.7 Å². The van der Waals surface area contributed by atoms with Crippen LogP contribution in [-0.4, -0.2) is 18.8 Å². The van der Waals surface area contributed by atoms with Crippen LogP contribution in [0.1, 0.15) is 24.5 Å². The minimum absolute atomic E-state index is 0.343. The van der Waals surface area contributed by atoms with Crippen LogP contribution in [0.3, 0.4) is 0 Å². The van der Waals surface area contributed by atoms with E-state index in [2.05, 4.69) is 15.9 Å². The van der Waals surface area contributed by atoms with Crippen molar-refractivity contribution >= 4 is 15.9 Å². The number of aliphatic hydroxyl groups excluding tert-OH is 1. The molecule has 1 atom stereocenters. The van der Waals surface area contributed by atoms with Crippen LogP contribution >= 0.6 is 15.9 Å². The average Bonchev–Trinajstić information content (AvgIpc) is 2.22. The van der Waals surface area contributed by atoms with Crippen LogP contribution in [0.15, 0.2) is 22.7 Å². The minimum Gasteiger partial charge on any atom is -0.388 e. The highest BCUT2D eigenvalue weighted by molar-refractivity contribution is 9.10. The van der Waals surface area contributed by atoms with Crippen molar-refractivity contribution in [2.45, 2.75) is 18.9 Å². The average molecular weight is 277 g/mol. The molecule has 0 radical (unpaired) electrons. The summed E-state index contributed by atoms with van der Waals surface area (Å²) in [6, 6.07) is 4.66. The van der Waals surface area contributed by atoms with Gasteiger partial charge >= 0.3 is 0 Å². The lowest BCUT2D eigenvalue weighted by Gasteiger charge is -2.12. The first-order chi connectivity index (χ1) is 7.16. The fraction of sp³-hybridized carbons (Fsp3) is 0.455. The minimum atomic E-state index is -0.648. The number of halogens is 2. The molecule has 0 aromatic heterocycles. The Balaban J connectivity index is 2.65. The van der Waals surface area contributed by atoms with Gasteiger partial charge in [0.25, 0.3) is 0 Å². The van der Waals surface area contributed by atoms with E-state index in [1.54, 1.807) is 19.2 Å². The lowest BCUT2D eigenvalue weighted by molar-refractivity contribution is 0.135. The molecule has 1 N–H and O–H groups in total. The standard InChI is InChI=1S/C11H14BrFO2/c1-15-7-3-6-10(14)8-4-2-5-9(13)11(8)12/h2,4-5,10,14H,3,6-7H2,1H3. The highest BCUT2D eigenvalue weighted by atomic mass is 79.9. The van der Waals surface area contributed by atoms with Crippen LogP contribution in [0.5, 0.6) is 0 Å². The van der Waals surface area contributed by atoms with E-state index in [0.29, 0.717) is 23.1 Å². The van der Waals surface area contributed by atoms with E-state index >= 15 is 0 Å². The van der Waals surface area contributed by atoms with Gasteiger partial charge in [0.2, 0.25) is 0 Å². The summed E-state index contributed by atoms with van der Waals surface area (Å²) in [5.74, 6) is -0.349. The number of benzene rings is 1. The molecule has 0 aliphatic rings. The van der Waals surface area contributed by atoms with Crippen molar-refractivity contribution < 1.29 is 14.2 Å². The molecule has 0 saturated heterocycles. The number of hydrogen-bond donors (Lipinski definition) is 1. The molecule has 4 heteroatoms. The molecule has 0 amide bonds. The van der Waals surface area contributed by atoms with E-state index in [-0.39, 0.29) is 5.82 Å². The van der Waals surface area contributed by atoms with Crippen LogP contribution < -0.4 is 0 Å². The van der Waals surface area contributed by atoms with Gasteiger partial charge in [-0.3, -0.25) is 0 Å². The molecular formula is C11H14BrFO2. The molecule has 1 unspecified atom stereocenters. The van der Waals surface area contributed by atoms with Crippen molar-refractivity contribution in [1.82, 2.24) is 0 Å². The fourth-order valence-corrected chi connectivity index (χ4v) is 1.88. The van der Waals surface area contributed by atoms with Crippen molar-refractivity contribution in [3.63, 3.8) is 0 Å². The molecule has 1 rings (SSSR count). The SMILES string of the molecule is COCCCC(O)c1cccc(F)c1Br. The molecule has 2 nitrogen and oxygen atoms in total. The summed E-state index contributed by atoms with van der Waals surface area (Å²) in [5, 5.41) is 9.80. The number of rotatable bonds is 5. The summed E-state index contributed by atoms with van der Waals surface area (Å²) in [5.41, 5.74) is 0.589. The third kappa shape index (κ3) is 3.55. The zero-order valence-corrected chi connectivity index (χ0v) is 10.1. The van der Waals surface area contributed by atoms with E-state index in [4.69, 9.17) is 4.74 Å². The summed E-state index contributed by atoms with van der Waals surface area (Å²) in [6.45, 7) is 0.601. The largest absolute Gasteiger partial charge is 0.388 e. The Morgan fingerprint density at radius 3 is 2.93 bits per heavy atom. The zero-order chi connectivity index (χ0) is 11.3. The molecule has 0 heterocycles. The Morgan fingerprint density at radius 2 is 2.27 bits per heavy atom. The second kappa shape index (κ2) is 6.20. The maximum Gasteiger partial charge on any atom is 0.137 e. The van der Waals surface area contributed by atoms with E-state index in [0.717, 1.165) is 6.42 Å². The Labute approximate surface area is 97.2 Å². The van der Waals surface area contributed by atoms with Crippen LogP contribution in [0.4, 0.5) is 4.39 Å². The quantitative estimate of drug-likeness (QED) is 0.838. The number of aliphatic hydroxyl groups is 1. The zero-order valence-electron chi connectivity index (χ0n) is 8.54. The maximum absolute atomic E-state index is 13.1. The van der Waals surface area contributed by atoms with E-state index in [9.17, 15) is 9.50 Å². The van der Waals surface area contributed by atoms with E-state index in [1.165, 1.54) is 6.07 Å². The number of methoxy groups -OCH3 is 1. The predicted molar refractivity (Wildman–Crippen MR) is 60.2 cm³/mol.